The van der Waals surface area contributed by atoms with Gasteiger partial charge in [0, 0.05) is 58.9 Å². The van der Waals surface area contributed by atoms with Crippen molar-refractivity contribution in [1.29, 1.82) is 0 Å². The molecule has 1 fully saturated rings. The van der Waals surface area contributed by atoms with Crippen LogP contribution in [0.2, 0.25) is 0 Å². The molecule has 1 aliphatic rings. The van der Waals surface area contributed by atoms with Gasteiger partial charge in [-0.1, -0.05) is 29.4 Å². The summed E-state index contributed by atoms with van der Waals surface area (Å²) in [5, 5.41) is 7.49. The van der Waals surface area contributed by atoms with Crippen LogP contribution in [-0.4, -0.2) is 73.1 Å². The van der Waals surface area contributed by atoms with E-state index < -0.39 is 0 Å². The minimum absolute atomic E-state index is 0.786. The first-order chi connectivity index (χ1) is 13.1. The van der Waals surface area contributed by atoms with Gasteiger partial charge in [-0.25, -0.2) is 0 Å². The number of piperazine rings is 1. The molecule has 1 N–H and O–H groups in total. The molecule has 0 amide bonds. The number of nitrogens with zero attached hydrogens (tertiary/aromatic N) is 5. The second-order valence-corrected chi connectivity index (χ2v) is 7.21. The molecule has 1 aromatic heterocycles. The van der Waals surface area contributed by atoms with Gasteiger partial charge in [0.15, 0.2) is 5.96 Å². The van der Waals surface area contributed by atoms with Crippen LogP contribution in [-0.2, 0) is 19.6 Å². The smallest absolute Gasteiger partial charge is 0.194 e. The van der Waals surface area contributed by atoms with Crippen molar-refractivity contribution in [2.45, 2.75) is 19.6 Å². The Morgan fingerprint density at radius 2 is 1.81 bits per heavy atom. The molecule has 1 saturated heterocycles. The minimum Gasteiger partial charge on any atom is -0.364 e. The highest BCUT2D eigenvalue weighted by molar-refractivity contribution is 5.80. The van der Waals surface area contributed by atoms with Crippen molar-refractivity contribution in [2.75, 3.05) is 47.3 Å². The summed E-state index contributed by atoms with van der Waals surface area (Å²) < 4.78 is 4.91. The van der Waals surface area contributed by atoms with Crippen molar-refractivity contribution in [3.8, 4) is 0 Å². The van der Waals surface area contributed by atoms with Crippen LogP contribution in [0.1, 0.15) is 16.8 Å². The lowest BCUT2D eigenvalue weighted by Crippen LogP contribution is -2.52. The maximum atomic E-state index is 4.91. The van der Waals surface area contributed by atoms with Gasteiger partial charge < -0.3 is 19.6 Å². The van der Waals surface area contributed by atoms with Crippen LogP contribution in [0.25, 0.3) is 0 Å². The molecule has 0 bridgehead atoms. The minimum atomic E-state index is 0.786. The van der Waals surface area contributed by atoms with E-state index in [1.165, 1.54) is 11.1 Å². The molecule has 0 spiro atoms. The molecule has 0 saturated carbocycles. The van der Waals surface area contributed by atoms with E-state index in [2.05, 4.69) is 68.5 Å². The van der Waals surface area contributed by atoms with E-state index in [4.69, 9.17) is 4.52 Å². The fraction of sp³-hybridized carbons (Fsp3) is 0.500. The third-order valence-corrected chi connectivity index (χ3v) is 4.73. The molecule has 1 aliphatic heterocycles. The Kier molecular flexibility index (Phi) is 6.84. The third kappa shape index (κ3) is 5.80. The summed E-state index contributed by atoms with van der Waals surface area (Å²) in [5.74, 6) is 0.966. The van der Waals surface area contributed by atoms with Crippen molar-refractivity contribution in [3.63, 3.8) is 0 Å². The molecule has 0 aliphatic carbocycles. The molecular formula is C20H30N6O. The van der Waals surface area contributed by atoms with E-state index in [1.54, 1.807) is 6.26 Å². The van der Waals surface area contributed by atoms with Gasteiger partial charge in [0.05, 0.1) is 5.69 Å². The molecule has 7 heteroatoms. The summed E-state index contributed by atoms with van der Waals surface area (Å²) in [5.41, 5.74) is 3.59. The number of hydrogen-bond donors (Lipinski definition) is 1. The molecule has 2 aromatic rings. The lowest BCUT2D eigenvalue weighted by atomic mass is 10.1. The maximum absolute atomic E-state index is 4.91. The molecule has 1 aromatic carbocycles. The van der Waals surface area contributed by atoms with Gasteiger partial charge in [0.25, 0.3) is 0 Å². The normalized spacial score (nSPS) is 16.1. The molecular weight excluding hydrogens is 340 g/mol. The number of guanidine groups is 1. The summed E-state index contributed by atoms with van der Waals surface area (Å²) in [4.78, 5) is 11.4. The SMILES string of the molecule is CN=C(NCc1ccc(CN(C)C)cc1)N1CCN(Cc2ccon2)CC1. The van der Waals surface area contributed by atoms with E-state index in [0.29, 0.717) is 0 Å². The van der Waals surface area contributed by atoms with Gasteiger partial charge in [0.1, 0.15) is 6.26 Å². The van der Waals surface area contributed by atoms with Crippen LogP contribution in [0, 0.1) is 0 Å². The molecule has 3 rings (SSSR count). The van der Waals surface area contributed by atoms with E-state index in [1.807, 2.05) is 13.1 Å². The zero-order valence-electron chi connectivity index (χ0n) is 16.6. The van der Waals surface area contributed by atoms with E-state index >= 15 is 0 Å². The Morgan fingerprint density at radius 3 is 2.41 bits per heavy atom. The number of benzene rings is 1. The topological polar surface area (TPSA) is 60.1 Å². The highest BCUT2D eigenvalue weighted by Gasteiger charge is 2.20. The predicted molar refractivity (Wildman–Crippen MR) is 107 cm³/mol. The Bertz CT molecular complexity index is 703. The average Bonchev–Trinajstić information content (AvgIpc) is 3.17. The van der Waals surface area contributed by atoms with Crippen LogP contribution >= 0.6 is 0 Å². The van der Waals surface area contributed by atoms with Crippen LogP contribution in [0.4, 0.5) is 0 Å². The largest absolute Gasteiger partial charge is 0.364 e. The Hall–Kier alpha value is -2.38. The van der Waals surface area contributed by atoms with Gasteiger partial charge in [-0.15, -0.1) is 0 Å². The molecule has 146 valence electrons. The highest BCUT2D eigenvalue weighted by atomic mass is 16.5. The number of aromatic nitrogens is 1. The molecule has 7 nitrogen and oxygen atoms in total. The number of hydrogen-bond acceptors (Lipinski definition) is 5. The van der Waals surface area contributed by atoms with Crippen LogP contribution in [0.5, 0.6) is 0 Å². The van der Waals surface area contributed by atoms with Crippen molar-refractivity contribution in [1.82, 2.24) is 25.2 Å². The summed E-state index contributed by atoms with van der Waals surface area (Å²) in [7, 11) is 6.03. The second-order valence-electron chi connectivity index (χ2n) is 7.21. The molecule has 0 radical (unpaired) electrons. The highest BCUT2D eigenvalue weighted by Crippen LogP contribution is 2.09. The van der Waals surface area contributed by atoms with Gasteiger partial charge in [-0.2, -0.15) is 0 Å². The van der Waals surface area contributed by atoms with Crippen molar-refractivity contribution < 1.29 is 4.52 Å². The van der Waals surface area contributed by atoms with Gasteiger partial charge in [0.2, 0.25) is 0 Å². The molecule has 0 atom stereocenters. The van der Waals surface area contributed by atoms with E-state index in [0.717, 1.165) is 57.5 Å². The Morgan fingerprint density at radius 1 is 1.11 bits per heavy atom. The third-order valence-electron chi connectivity index (χ3n) is 4.73. The second kappa shape index (κ2) is 9.53. The Labute approximate surface area is 161 Å². The average molecular weight is 371 g/mol. The van der Waals surface area contributed by atoms with Crippen molar-refractivity contribution >= 4 is 5.96 Å². The number of nitrogens with one attached hydrogen (secondary N) is 1. The van der Waals surface area contributed by atoms with E-state index in [9.17, 15) is 0 Å². The van der Waals surface area contributed by atoms with Gasteiger partial charge in [-0.3, -0.25) is 9.89 Å². The lowest BCUT2D eigenvalue weighted by Gasteiger charge is -2.36. The van der Waals surface area contributed by atoms with Gasteiger partial charge >= 0.3 is 0 Å². The van der Waals surface area contributed by atoms with Crippen LogP contribution < -0.4 is 5.32 Å². The maximum Gasteiger partial charge on any atom is 0.194 e. The fourth-order valence-corrected chi connectivity index (χ4v) is 3.31. The zero-order valence-corrected chi connectivity index (χ0v) is 16.6. The van der Waals surface area contributed by atoms with Gasteiger partial charge in [-0.05, 0) is 25.2 Å². The summed E-state index contributed by atoms with van der Waals surface area (Å²) in [6.45, 7) is 6.50. The van der Waals surface area contributed by atoms with Crippen molar-refractivity contribution in [2.24, 2.45) is 4.99 Å². The summed E-state index contributed by atoms with van der Waals surface area (Å²) in [6.07, 6.45) is 1.63. The monoisotopic (exact) mass is 370 g/mol. The van der Waals surface area contributed by atoms with Crippen LogP contribution in [0.3, 0.4) is 0 Å². The molecule has 27 heavy (non-hydrogen) atoms. The summed E-state index contributed by atoms with van der Waals surface area (Å²) >= 11 is 0. The van der Waals surface area contributed by atoms with Crippen molar-refractivity contribution in [3.05, 3.63) is 53.4 Å². The van der Waals surface area contributed by atoms with E-state index in [-0.39, 0.29) is 0 Å². The first kappa shape index (κ1) is 19.4. The molecule has 2 heterocycles. The fourth-order valence-electron chi connectivity index (χ4n) is 3.31. The number of aliphatic imine (C=N–C) groups is 1. The zero-order chi connectivity index (χ0) is 19.1. The number of rotatable bonds is 6. The first-order valence-corrected chi connectivity index (χ1v) is 9.44. The first-order valence-electron chi connectivity index (χ1n) is 9.44. The standard InChI is InChI=1S/C20H30N6O/c1-21-20(22-14-17-4-6-18(7-5-17)15-24(2)3)26-11-9-25(10-12-26)16-19-8-13-27-23-19/h4-8,13H,9-12,14-16H2,1-3H3,(H,21,22). The molecule has 0 unspecified atom stereocenters. The lowest BCUT2D eigenvalue weighted by molar-refractivity contribution is 0.169. The summed E-state index contributed by atoms with van der Waals surface area (Å²) in [6, 6.07) is 10.7. The Balaban J connectivity index is 1.45. The van der Waals surface area contributed by atoms with Crippen LogP contribution in [0.15, 0.2) is 46.1 Å². The predicted octanol–water partition coefficient (Wildman–Crippen LogP) is 1.63. The quantitative estimate of drug-likeness (QED) is 0.616.